The molecule has 0 aromatic heterocycles. The minimum absolute atomic E-state index is 0.0307. The van der Waals surface area contributed by atoms with Gasteiger partial charge in [-0.2, -0.15) is 26.3 Å². The highest BCUT2D eigenvalue weighted by Crippen LogP contribution is 2.51. The normalized spacial score (nSPS) is 18.7. The second-order valence-electron chi connectivity index (χ2n) is 10.3. The Kier molecular flexibility index (Phi) is 7.72. The number of nitrogens with zero attached hydrogens (tertiary/aromatic N) is 1. The summed E-state index contributed by atoms with van der Waals surface area (Å²) < 4.78 is 109. The van der Waals surface area contributed by atoms with Gasteiger partial charge in [0, 0.05) is 30.3 Å². The van der Waals surface area contributed by atoms with Crippen LogP contribution in [0.2, 0.25) is 0 Å². The molecule has 4 rings (SSSR count). The fourth-order valence-electron chi connectivity index (χ4n) is 4.65. The Bertz CT molecular complexity index is 1440. The summed E-state index contributed by atoms with van der Waals surface area (Å²) in [4.78, 5) is 28.0. The van der Waals surface area contributed by atoms with Gasteiger partial charge in [-0.25, -0.2) is 8.42 Å². The molecule has 1 unspecified atom stereocenters. The molecule has 1 heterocycles. The zero-order valence-corrected chi connectivity index (χ0v) is 22.6. The van der Waals surface area contributed by atoms with Crippen molar-refractivity contribution in [1.29, 1.82) is 0 Å². The summed E-state index contributed by atoms with van der Waals surface area (Å²) in [6.07, 6.45) is -11.0. The van der Waals surface area contributed by atoms with Crippen LogP contribution in [0.4, 0.5) is 32.0 Å². The van der Waals surface area contributed by atoms with E-state index in [1.165, 1.54) is 30.2 Å². The lowest BCUT2D eigenvalue weighted by Crippen LogP contribution is -2.53. The van der Waals surface area contributed by atoms with Crippen molar-refractivity contribution in [3.8, 4) is 0 Å². The number of aliphatic hydroxyl groups is 1. The quantitative estimate of drug-likeness (QED) is 0.434. The minimum atomic E-state index is -6.07. The minimum Gasteiger partial charge on any atom is -0.384 e. The number of fused-ring (bicyclic) bond motifs is 1. The molecule has 2 aromatic carbocycles. The van der Waals surface area contributed by atoms with E-state index in [9.17, 15) is 49.5 Å². The molecule has 2 aliphatic rings. The molecule has 1 atom stereocenters. The summed E-state index contributed by atoms with van der Waals surface area (Å²) in [5.74, 6) is -1.46. The molecule has 15 heteroatoms. The van der Waals surface area contributed by atoms with Gasteiger partial charge in [-0.1, -0.05) is 25.1 Å². The summed E-state index contributed by atoms with van der Waals surface area (Å²) in [7, 11) is -2.38. The lowest BCUT2D eigenvalue weighted by molar-refractivity contribution is -0.376. The predicted octanol–water partition coefficient (Wildman–Crippen LogP) is 4.24. The van der Waals surface area contributed by atoms with E-state index in [0.717, 1.165) is 12.1 Å². The van der Waals surface area contributed by atoms with Gasteiger partial charge in [-0.15, -0.1) is 0 Å². The lowest BCUT2D eigenvalue weighted by atomic mass is 9.92. The molecule has 0 radical (unpaired) electrons. The third-order valence-corrected chi connectivity index (χ3v) is 9.07. The van der Waals surface area contributed by atoms with E-state index < -0.39 is 50.7 Å². The molecule has 1 aliphatic carbocycles. The van der Waals surface area contributed by atoms with Crippen LogP contribution in [0.1, 0.15) is 42.5 Å². The molecule has 1 aliphatic heterocycles. The van der Waals surface area contributed by atoms with Gasteiger partial charge in [0.25, 0.3) is 11.5 Å². The van der Waals surface area contributed by atoms with Crippen molar-refractivity contribution in [2.75, 3.05) is 24.8 Å². The highest BCUT2D eigenvalue weighted by atomic mass is 32.2. The van der Waals surface area contributed by atoms with Crippen LogP contribution in [0.15, 0.2) is 47.4 Å². The number of alkyl halides is 6. The Morgan fingerprint density at radius 3 is 2.15 bits per heavy atom. The molecule has 0 spiro atoms. The van der Waals surface area contributed by atoms with Crippen molar-refractivity contribution in [3.63, 3.8) is 0 Å². The number of benzene rings is 2. The summed E-state index contributed by atoms with van der Waals surface area (Å²) in [5.41, 5.74) is -6.81. The SMILES string of the molecule is COCCS(=O)(=O)c1ccc2c(c1)CN(C(=O)C1(C)CC1)C2C(=O)Nc1ccc(C(O)(C(F)(F)F)C(F)(F)F)cc1. The third kappa shape index (κ3) is 5.54. The Morgan fingerprint density at radius 2 is 1.63 bits per heavy atom. The Hall–Kier alpha value is -3.17. The van der Waals surface area contributed by atoms with Crippen LogP contribution in [-0.4, -0.2) is 62.1 Å². The number of hydrogen-bond acceptors (Lipinski definition) is 6. The molecule has 0 saturated heterocycles. The molecule has 1 fully saturated rings. The summed E-state index contributed by atoms with van der Waals surface area (Å²) >= 11 is 0. The van der Waals surface area contributed by atoms with Gasteiger partial charge in [0.2, 0.25) is 5.91 Å². The van der Waals surface area contributed by atoms with E-state index in [-0.39, 0.29) is 35.4 Å². The van der Waals surface area contributed by atoms with Gasteiger partial charge in [-0.3, -0.25) is 9.59 Å². The van der Waals surface area contributed by atoms with E-state index in [4.69, 9.17) is 4.74 Å². The largest absolute Gasteiger partial charge is 0.430 e. The Morgan fingerprint density at radius 1 is 1.05 bits per heavy atom. The molecular weight excluding hydrogens is 582 g/mol. The van der Waals surface area contributed by atoms with Crippen LogP contribution in [0.5, 0.6) is 0 Å². The number of halogens is 6. The summed E-state index contributed by atoms with van der Waals surface area (Å²) in [6.45, 7) is 1.59. The van der Waals surface area contributed by atoms with Crippen molar-refractivity contribution in [1.82, 2.24) is 4.90 Å². The zero-order chi connectivity index (χ0) is 30.6. The first-order valence-corrected chi connectivity index (χ1v) is 13.9. The van der Waals surface area contributed by atoms with Gasteiger partial charge in [-0.05, 0) is 48.2 Å². The maximum Gasteiger partial charge on any atom is 0.430 e. The van der Waals surface area contributed by atoms with Gasteiger partial charge >= 0.3 is 12.4 Å². The average molecular weight is 609 g/mol. The number of hydrogen-bond donors (Lipinski definition) is 2. The number of sulfone groups is 1. The highest BCUT2D eigenvalue weighted by Gasteiger charge is 2.71. The van der Waals surface area contributed by atoms with E-state index in [2.05, 4.69) is 5.32 Å². The van der Waals surface area contributed by atoms with Crippen molar-refractivity contribution >= 4 is 27.3 Å². The van der Waals surface area contributed by atoms with Crippen molar-refractivity contribution < 1.29 is 54.2 Å². The molecule has 2 aromatic rings. The molecule has 1 saturated carbocycles. The first kappa shape index (κ1) is 30.8. The first-order valence-electron chi connectivity index (χ1n) is 12.3. The van der Waals surface area contributed by atoms with E-state index >= 15 is 0 Å². The number of methoxy groups -OCH3 is 1. The van der Waals surface area contributed by atoms with Gasteiger partial charge in [0.15, 0.2) is 9.84 Å². The summed E-state index contributed by atoms with van der Waals surface area (Å²) in [5, 5.41) is 12.0. The fourth-order valence-corrected chi connectivity index (χ4v) is 5.87. The Balaban J connectivity index is 1.65. The standard InChI is InChI=1S/C26H26F6N2O6S/c1-23(9-10-23)22(36)34-14-15-13-18(41(38,39)12-11-40-2)7-8-19(15)20(34)21(35)33-17-5-3-16(4-6-17)24(37,25(27,28)29)26(30,31)32/h3-8,13,20,37H,9-12,14H2,1-2H3,(H,33,35). The molecular formula is C26H26F6N2O6S. The van der Waals surface area contributed by atoms with Gasteiger partial charge in [0.05, 0.1) is 17.3 Å². The predicted molar refractivity (Wildman–Crippen MR) is 132 cm³/mol. The second kappa shape index (κ2) is 10.3. The highest BCUT2D eigenvalue weighted by molar-refractivity contribution is 7.91. The molecule has 2 amide bonds. The third-order valence-electron chi connectivity index (χ3n) is 7.39. The van der Waals surface area contributed by atoms with E-state index in [0.29, 0.717) is 36.1 Å². The molecule has 0 bridgehead atoms. The average Bonchev–Trinajstić information content (AvgIpc) is 3.52. The number of amides is 2. The molecule has 41 heavy (non-hydrogen) atoms. The number of rotatable bonds is 8. The van der Waals surface area contributed by atoms with Crippen LogP contribution in [0.25, 0.3) is 0 Å². The van der Waals surface area contributed by atoms with Crippen LogP contribution in [0, 0.1) is 5.41 Å². The number of anilines is 1. The van der Waals surface area contributed by atoms with E-state index in [1.807, 2.05) is 0 Å². The number of carbonyl (C=O) groups is 2. The smallest absolute Gasteiger partial charge is 0.384 e. The van der Waals surface area contributed by atoms with Crippen LogP contribution < -0.4 is 5.32 Å². The van der Waals surface area contributed by atoms with Crippen molar-refractivity contribution in [3.05, 3.63) is 59.2 Å². The van der Waals surface area contributed by atoms with Crippen LogP contribution in [-0.2, 0) is 36.3 Å². The molecule has 2 N–H and O–H groups in total. The van der Waals surface area contributed by atoms with Gasteiger partial charge in [0.1, 0.15) is 6.04 Å². The maximum absolute atomic E-state index is 13.4. The second-order valence-corrected chi connectivity index (χ2v) is 12.5. The monoisotopic (exact) mass is 608 g/mol. The number of ether oxygens (including phenoxy) is 1. The van der Waals surface area contributed by atoms with Gasteiger partial charge < -0.3 is 20.1 Å². The fraction of sp³-hybridized carbons (Fsp3) is 0.462. The maximum atomic E-state index is 13.4. The molecule has 8 nitrogen and oxygen atoms in total. The topological polar surface area (TPSA) is 113 Å². The summed E-state index contributed by atoms with van der Waals surface area (Å²) in [6, 6.07) is 5.14. The lowest BCUT2D eigenvalue weighted by Gasteiger charge is -2.32. The van der Waals surface area contributed by atoms with Crippen LogP contribution >= 0.6 is 0 Å². The van der Waals surface area contributed by atoms with Crippen molar-refractivity contribution in [2.24, 2.45) is 5.41 Å². The molecule has 224 valence electrons. The van der Waals surface area contributed by atoms with Crippen LogP contribution in [0.3, 0.4) is 0 Å². The van der Waals surface area contributed by atoms with Crippen molar-refractivity contribution in [2.45, 2.75) is 55.2 Å². The zero-order valence-electron chi connectivity index (χ0n) is 21.8. The number of carbonyl (C=O) groups excluding carboxylic acids is 2. The van der Waals surface area contributed by atoms with E-state index in [1.54, 1.807) is 6.92 Å². The Labute approximate surface area is 231 Å². The number of nitrogens with one attached hydrogen (secondary N) is 1. The first-order chi connectivity index (χ1) is 18.9.